The Labute approximate surface area is 67.4 Å². The van der Waals surface area contributed by atoms with Gasteiger partial charge in [0.25, 0.3) is 0 Å². The molecule has 0 aromatic rings. The molecule has 11 heavy (non-hydrogen) atoms. The number of carbonyl (C=O) groups is 1. The van der Waals surface area contributed by atoms with E-state index in [1.807, 2.05) is 6.92 Å². The summed E-state index contributed by atoms with van der Waals surface area (Å²) in [7, 11) is 1.62. The van der Waals surface area contributed by atoms with Gasteiger partial charge in [0.05, 0.1) is 6.10 Å². The molecule has 0 aromatic carbocycles. The first-order valence-corrected chi connectivity index (χ1v) is 3.81. The molecule has 0 saturated heterocycles. The van der Waals surface area contributed by atoms with Gasteiger partial charge in [-0.3, -0.25) is 0 Å². The van der Waals surface area contributed by atoms with E-state index in [4.69, 9.17) is 4.74 Å². The molecule has 0 aliphatic rings. The molecular formula is C8H15O3-. The molecule has 0 saturated carbocycles. The van der Waals surface area contributed by atoms with Gasteiger partial charge in [-0.1, -0.05) is 6.92 Å². The maximum atomic E-state index is 10.2. The average Bonchev–Trinajstić information content (AvgIpc) is 1.99. The number of carboxylic acid groups (broad SMARTS) is 1. The molecule has 0 fully saturated rings. The van der Waals surface area contributed by atoms with E-state index in [0.717, 1.165) is 6.42 Å². The quantitative estimate of drug-likeness (QED) is 0.575. The molecule has 3 heteroatoms. The van der Waals surface area contributed by atoms with E-state index in [2.05, 4.69) is 0 Å². The van der Waals surface area contributed by atoms with Crippen molar-refractivity contribution in [2.45, 2.75) is 32.8 Å². The van der Waals surface area contributed by atoms with Gasteiger partial charge in [0.1, 0.15) is 0 Å². The van der Waals surface area contributed by atoms with Crippen LogP contribution in [0.4, 0.5) is 0 Å². The summed E-state index contributed by atoms with van der Waals surface area (Å²) in [6, 6.07) is 0. The molecule has 0 bridgehead atoms. The topological polar surface area (TPSA) is 49.4 Å². The summed E-state index contributed by atoms with van der Waals surface area (Å²) in [5.74, 6) is -1.35. The highest BCUT2D eigenvalue weighted by Gasteiger charge is 2.05. The molecular weight excluding hydrogens is 144 g/mol. The van der Waals surface area contributed by atoms with Gasteiger partial charge in [-0.15, -0.1) is 0 Å². The number of hydrogen-bond donors (Lipinski definition) is 0. The normalized spacial score (nSPS) is 15.9. The van der Waals surface area contributed by atoms with Crippen molar-refractivity contribution in [1.82, 2.24) is 0 Å². The predicted octanol–water partition coefficient (Wildman–Crippen LogP) is 0.188. The molecule has 0 spiro atoms. The molecule has 0 amide bonds. The zero-order chi connectivity index (χ0) is 8.85. The molecule has 0 aliphatic heterocycles. The van der Waals surface area contributed by atoms with Crippen molar-refractivity contribution >= 4 is 5.97 Å². The highest BCUT2D eigenvalue weighted by molar-refractivity contribution is 5.66. The van der Waals surface area contributed by atoms with Gasteiger partial charge >= 0.3 is 0 Å². The number of hydrogen-bond acceptors (Lipinski definition) is 3. The Hall–Kier alpha value is -0.570. The Kier molecular flexibility index (Phi) is 4.86. The van der Waals surface area contributed by atoms with Crippen LogP contribution in [-0.2, 0) is 9.53 Å². The van der Waals surface area contributed by atoms with Gasteiger partial charge in [-0.2, -0.15) is 0 Å². The summed E-state index contributed by atoms with van der Waals surface area (Å²) in [5.41, 5.74) is 0. The van der Waals surface area contributed by atoms with Crippen LogP contribution in [0.25, 0.3) is 0 Å². The maximum absolute atomic E-state index is 10.2. The Morgan fingerprint density at radius 3 is 2.36 bits per heavy atom. The number of carbonyl (C=O) groups excluding carboxylic acids is 1. The number of aliphatic carboxylic acids is 1. The van der Waals surface area contributed by atoms with Gasteiger partial charge in [-0.05, 0) is 25.7 Å². The Morgan fingerprint density at radius 2 is 2.00 bits per heavy atom. The fourth-order valence-electron chi connectivity index (χ4n) is 0.720. The summed E-state index contributed by atoms with van der Waals surface area (Å²) in [5, 5.41) is 10.2. The number of methoxy groups -OCH3 is 1. The second kappa shape index (κ2) is 5.13. The van der Waals surface area contributed by atoms with Crippen LogP contribution in [0, 0.1) is 5.92 Å². The second-order valence-corrected chi connectivity index (χ2v) is 2.84. The lowest BCUT2D eigenvalue weighted by molar-refractivity contribution is -0.311. The highest BCUT2D eigenvalue weighted by atomic mass is 16.5. The predicted molar refractivity (Wildman–Crippen MR) is 39.9 cm³/mol. The molecule has 0 rings (SSSR count). The lowest BCUT2D eigenvalue weighted by Gasteiger charge is -2.14. The SMILES string of the molecule is COC(C)CCC(C)C(=O)[O-]. The molecule has 2 unspecified atom stereocenters. The third-order valence-corrected chi connectivity index (χ3v) is 1.81. The fraction of sp³-hybridized carbons (Fsp3) is 0.875. The third-order valence-electron chi connectivity index (χ3n) is 1.81. The van der Waals surface area contributed by atoms with Gasteiger partial charge in [-0.25, -0.2) is 0 Å². The minimum atomic E-state index is -0.978. The first kappa shape index (κ1) is 10.4. The van der Waals surface area contributed by atoms with E-state index in [1.54, 1.807) is 14.0 Å². The van der Waals surface area contributed by atoms with Crippen molar-refractivity contribution in [3.63, 3.8) is 0 Å². The van der Waals surface area contributed by atoms with Crippen LogP contribution in [-0.4, -0.2) is 19.2 Å². The van der Waals surface area contributed by atoms with Crippen molar-refractivity contribution in [2.75, 3.05) is 7.11 Å². The van der Waals surface area contributed by atoms with E-state index in [-0.39, 0.29) is 12.0 Å². The average molecular weight is 159 g/mol. The summed E-state index contributed by atoms with van der Waals surface area (Å²) >= 11 is 0. The fourth-order valence-corrected chi connectivity index (χ4v) is 0.720. The summed E-state index contributed by atoms with van der Waals surface area (Å²) in [6.07, 6.45) is 1.53. The van der Waals surface area contributed by atoms with Crippen LogP contribution in [0.5, 0.6) is 0 Å². The van der Waals surface area contributed by atoms with Gasteiger partial charge in [0.15, 0.2) is 0 Å². The van der Waals surface area contributed by atoms with Crippen molar-refractivity contribution in [3.05, 3.63) is 0 Å². The van der Waals surface area contributed by atoms with Crippen molar-refractivity contribution in [3.8, 4) is 0 Å². The monoisotopic (exact) mass is 159 g/mol. The van der Waals surface area contributed by atoms with Crippen LogP contribution in [0.3, 0.4) is 0 Å². The number of carboxylic acids is 1. The van der Waals surface area contributed by atoms with E-state index in [9.17, 15) is 9.90 Å². The molecule has 0 aliphatic carbocycles. The standard InChI is InChI=1S/C8H16O3/c1-6(8(9)10)4-5-7(2)11-3/h6-7H,4-5H2,1-3H3,(H,9,10)/p-1. The number of rotatable bonds is 5. The molecule has 0 aromatic heterocycles. The van der Waals surface area contributed by atoms with Crippen molar-refractivity contribution < 1.29 is 14.6 Å². The van der Waals surface area contributed by atoms with Gasteiger partial charge in [0, 0.05) is 13.1 Å². The minimum absolute atomic E-state index is 0.136. The van der Waals surface area contributed by atoms with Crippen LogP contribution in [0.1, 0.15) is 26.7 Å². The summed E-state index contributed by atoms with van der Waals surface area (Å²) in [6.45, 7) is 3.57. The Morgan fingerprint density at radius 1 is 1.45 bits per heavy atom. The zero-order valence-electron chi connectivity index (χ0n) is 7.29. The molecule has 0 radical (unpaired) electrons. The van der Waals surface area contributed by atoms with Gasteiger partial charge in [0.2, 0.25) is 0 Å². The molecule has 0 heterocycles. The van der Waals surface area contributed by atoms with Crippen LogP contribution in [0.15, 0.2) is 0 Å². The lowest BCUT2D eigenvalue weighted by Crippen LogP contribution is -2.29. The van der Waals surface area contributed by atoms with Crippen molar-refractivity contribution in [2.24, 2.45) is 5.92 Å². The smallest absolute Gasteiger partial charge is 0.0543 e. The first-order chi connectivity index (χ1) is 5.07. The van der Waals surface area contributed by atoms with Crippen LogP contribution < -0.4 is 5.11 Å². The minimum Gasteiger partial charge on any atom is -0.550 e. The highest BCUT2D eigenvalue weighted by Crippen LogP contribution is 2.08. The van der Waals surface area contributed by atoms with E-state index < -0.39 is 5.97 Å². The zero-order valence-corrected chi connectivity index (χ0v) is 7.29. The largest absolute Gasteiger partial charge is 0.550 e. The molecule has 3 nitrogen and oxygen atoms in total. The first-order valence-electron chi connectivity index (χ1n) is 3.81. The van der Waals surface area contributed by atoms with E-state index >= 15 is 0 Å². The Balaban J connectivity index is 3.45. The Bertz CT molecular complexity index is 123. The maximum Gasteiger partial charge on any atom is 0.0543 e. The van der Waals surface area contributed by atoms with Gasteiger partial charge < -0.3 is 14.6 Å². The summed E-state index contributed by atoms with van der Waals surface area (Å²) in [4.78, 5) is 10.2. The molecule has 0 N–H and O–H groups in total. The van der Waals surface area contributed by atoms with E-state index in [1.165, 1.54) is 0 Å². The summed E-state index contributed by atoms with van der Waals surface area (Å²) < 4.78 is 4.97. The molecule has 66 valence electrons. The molecule has 2 atom stereocenters. The van der Waals surface area contributed by atoms with E-state index in [0.29, 0.717) is 6.42 Å². The van der Waals surface area contributed by atoms with Crippen LogP contribution in [0.2, 0.25) is 0 Å². The van der Waals surface area contributed by atoms with Crippen LogP contribution >= 0.6 is 0 Å². The lowest BCUT2D eigenvalue weighted by atomic mass is 10.0. The second-order valence-electron chi connectivity index (χ2n) is 2.84. The third kappa shape index (κ3) is 4.79. The number of ether oxygens (including phenoxy) is 1. The van der Waals surface area contributed by atoms with Crippen molar-refractivity contribution in [1.29, 1.82) is 0 Å².